The van der Waals surface area contributed by atoms with E-state index < -0.39 is 17.8 Å². The maximum Gasteiger partial charge on any atom is 0.330 e. The van der Waals surface area contributed by atoms with Gasteiger partial charge in [0.15, 0.2) is 0 Å². The molecule has 0 saturated carbocycles. The molecule has 0 spiro atoms. The first-order valence-corrected chi connectivity index (χ1v) is 5.37. The van der Waals surface area contributed by atoms with Gasteiger partial charge < -0.3 is 4.74 Å². The van der Waals surface area contributed by atoms with Crippen LogP contribution in [-0.2, 0) is 14.3 Å². The molecule has 1 fully saturated rings. The van der Waals surface area contributed by atoms with Crippen LogP contribution < -0.4 is 5.32 Å². The third kappa shape index (κ3) is 3.62. The molecule has 90 valence electrons. The van der Waals surface area contributed by atoms with Gasteiger partial charge in [-0.3, -0.25) is 19.8 Å². The number of nitrogens with one attached hydrogen (secondary N) is 1. The van der Waals surface area contributed by atoms with Crippen LogP contribution in [0.3, 0.4) is 0 Å². The smallest absolute Gasteiger partial charge is 0.330 e. The van der Waals surface area contributed by atoms with Gasteiger partial charge in [-0.1, -0.05) is 6.92 Å². The first kappa shape index (κ1) is 12.6. The van der Waals surface area contributed by atoms with Crippen molar-refractivity contribution in [3.8, 4) is 0 Å². The van der Waals surface area contributed by atoms with E-state index in [1.54, 1.807) is 0 Å². The zero-order valence-electron chi connectivity index (χ0n) is 9.32. The van der Waals surface area contributed by atoms with E-state index in [4.69, 9.17) is 4.74 Å². The molecule has 0 atom stereocenters. The molecule has 1 N–H and O–H groups in total. The Hall–Kier alpha value is -1.43. The Morgan fingerprint density at radius 2 is 2.06 bits per heavy atom. The number of carbonyl (C=O) groups is 3. The molecule has 1 heterocycles. The van der Waals surface area contributed by atoms with Crippen molar-refractivity contribution >= 4 is 17.8 Å². The summed E-state index contributed by atoms with van der Waals surface area (Å²) in [5, 5.41) is 2.10. The Morgan fingerprint density at radius 1 is 1.31 bits per heavy atom. The van der Waals surface area contributed by atoms with Crippen molar-refractivity contribution in [2.75, 3.05) is 19.8 Å². The van der Waals surface area contributed by atoms with E-state index in [1.165, 1.54) is 0 Å². The second-order valence-corrected chi connectivity index (χ2v) is 3.54. The van der Waals surface area contributed by atoms with Crippen LogP contribution in [0.15, 0.2) is 0 Å². The number of hydrogen-bond acceptors (Lipinski definition) is 4. The maximum atomic E-state index is 11.3. The van der Waals surface area contributed by atoms with Gasteiger partial charge in [-0.05, 0) is 12.8 Å². The highest BCUT2D eigenvalue weighted by Crippen LogP contribution is 2.03. The van der Waals surface area contributed by atoms with Crippen LogP contribution in [-0.4, -0.2) is 42.5 Å². The van der Waals surface area contributed by atoms with Crippen molar-refractivity contribution in [3.05, 3.63) is 0 Å². The summed E-state index contributed by atoms with van der Waals surface area (Å²) in [6.07, 6.45) is 1.28. The van der Waals surface area contributed by atoms with Crippen LogP contribution in [0.1, 0.15) is 26.2 Å². The van der Waals surface area contributed by atoms with Crippen LogP contribution >= 0.6 is 0 Å². The minimum atomic E-state index is -0.628. The molecule has 0 aromatic heterocycles. The van der Waals surface area contributed by atoms with E-state index in [-0.39, 0.29) is 6.42 Å². The monoisotopic (exact) mass is 228 g/mol. The molecule has 0 unspecified atom stereocenters. The number of hydrogen-bond donors (Lipinski definition) is 1. The summed E-state index contributed by atoms with van der Waals surface area (Å²) >= 11 is 0. The largest absolute Gasteiger partial charge is 0.381 e. The first-order chi connectivity index (χ1) is 7.65. The molecule has 1 saturated heterocycles. The number of amides is 4. The van der Waals surface area contributed by atoms with Crippen molar-refractivity contribution < 1.29 is 19.1 Å². The molecule has 0 aromatic carbocycles. The summed E-state index contributed by atoms with van der Waals surface area (Å²) in [5.41, 5.74) is 0. The Balaban J connectivity index is 2.27. The number of urea groups is 1. The molecule has 1 aliphatic rings. The van der Waals surface area contributed by atoms with Crippen LogP contribution in [0.5, 0.6) is 0 Å². The maximum absolute atomic E-state index is 11.3. The summed E-state index contributed by atoms with van der Waals surface area (Å²) in [5.74, 6) is -0.974. The Labute approximate surface area is 93.9 Å². The standard InChI is InChI=1S/C10H16N2O4/c1-2-5-16-6-3-4-12-9(14)7-8(13)11-10(12)15/h2-7H2,1H3,(H,11,13,15). The van der Waals surface area contributed by atoms with E-state index >= 15 is 0 Å². The molecule has 1 aliphatic heterocycles. The molecule has 0 radical (unpaired) electrons. The van der Waals surface area contributed by atoms with Crippen LogP contribution in [0.2, 0.25) is 0 Å². The van der Waals surface area contributed by atoms with Crippen molar-refractivity contribution in [1.82, 2.24) is 10.2 Å². The van der Waals surface area contributed by atoms with Gasteiger partial charge in [0.2, 0.25) is 11.8 Å². The number of imide groups is 2. The fourth-order valence-electron chi connectivity index (χ4n) is 1.37. The molecule has 1 rings (SSSR count). The van der Waals surface area contributed by atoms with Crippen molar-refractivity contribution in [1.29, 1.82) is 0 Å². The van der Waals surface area contributed by atoms with E-state index in [0.717, 1.165) is 11.3 Å². The van der Waals surface area contributed by atoms with Gasteiger partial charge in [0.25, 0.3) is 0 Å². The van der Waals surface area contributed by atoms with Gasteiger partial charge in [-0.25, -0.2) is 4.79 Å². The van der Waals surface area contributed by atoms with Gasteiger partial charge in [-0.2, -0.15) is 0 Å². The zero-order chi connectivity index (χ0) is 12.0. The third-order valence-electron chi connectivity index (χ3n) is 2.12. The SMILES string of the molecule is CCCOCCCN1C(=O)CC(=O)NC1=O. The highest BCUT2D eigenvalue weighted by Gasteiger charge is 2.29. The summed E-state index contributed by atoms with van der Waals surface area (Å²) in [6.45, 7) is 3.49. The number of nitrogens with zero attached hydrogens (tertiary/aromatic N) is 1. The topological polar surface area (TPSA) is 75.7 Å². The Morgan fingerprint density at radius 3 is 2.69 bits per heavy atom. The van der Waals surface area contributed by atoms with E-state index in [1.807, 2.05) is 6.92 Å². The number of ether oxygens (including phenoxy) is 1. The summed E-state index contributed by atoms with van der Waals surface area (Å²) in [7, 11) is 0. The Bertz CT molecular complexity index is 271. The summed E-state index contributed by atoms with van der Waals surface area (Å²) in [4.78, 5) is 34.5. The molecule has 6 heteroatoms. The lowest BCUT2D eigenvalue weighted by Gasteiger charge is -2.24. The molecule has 0 bridgehead atoms. The predicted molar refractivity (Wildman–Crippen MR) is 55.6 cm³/mol. The third-order valence-corrected chi connectivity index (χ3v) is 2.12. The first-order valence-electron chi connectivity index (χ1n) is 5.37. The van der Waals surface area contributed by atoms with E-state index in [9.17, 15) is 14.4 Å². The highest BCUT2D eigenvalue weighted by atomic mass is 16.5. The van der Waals surface area contributed by atoms with Gasteiger partial charge in [0.1, 0.15) is 6.42 Å². The van der Waals surface area contributed by atoms with Crippen molar-refractivity contribution in [2.24, 2.45) is 0 Å². The minimum absolute atomic E-state index is 0.248. The summed E-state index contributed by atoms with van der Waals surface area (Å²) < 4.78 is 5.23. The highest BCUT2D eigenvalue weighted by molar-refractivity contribution is 6.14. The fraction of sp³-hybridized carbons (Fsp3) is 0.700. The zero-order valence-corrected chi connectivity index (χ0v) is 9.32. The van der Waals surface area contributed by atoms with Crippen LogP contribution in [0, 0.1) is 0 Å². The van der Waals surface area contributed by atoms with Gasteiger partial charge >= 0.3 is 6.03 Å². The lowest BCUT2D eigenvalue weighted by atomic mass is 10.3. The molecular formula is C10H16N2O4. The Kier molecular flexibility index (Phi) is 4.91. The summed E-state index contributed by atoms with van der Waals surface area (Å²) in [6, 6.07) is -0.628. The fourth-order valence-corrected chi connectivity index (χ4v) is 1.37. The lowest BCUT2D eigenvalue weighted by Crippen LogP contribution is -2.52. The van der Waals surface area contributed by atoms with Crippen LogP contribution in [0.4, 0.5) is 4.79 Å². The minimum Gasteiger partial charge on any atom is -0.381 e. The van der Waals surface area contributed by atoms with Gasteiger partial charge in [-0.15, -0.1) is 0 Å². The molecule has 4 amide bonds. The number of barbiturate groups is 1. The lowest BCUT2D eigenvalue weighted by molar-refractivity contribution is -0.136. The second kappa shape index (κ2) is 6.22. The average molecular weight is 228 g/mol. The van der Waals surface area contributed by atoms with Crippen molar-refractivity contribution in [2.45, 2.75) is 26.2 Å². The molecule has 6 nitrogen and oxygen atoms in total. The second-order valence-electron chi connectivity index (χ2n) is 3.54. The predicted octanol–water partition coefficient (Wildman–Crippen LogP) is 0.272. The number of carbonyl (C=O) groups excluding carboxylic acids is 3. The molecule has 16 heavy (non-hydrogen) atoms. The van der Waals surface area contributed by atoms with Crippen molar-refractivity contribution in [3.63, 3.8) is 0 Å². The molecular weight excluding hydrogens is 212 g/mol. The van der Waals surface area contributed by atoms with E-state index in [2.05, 4.69) is 5.32 Å². The van der Waals surface area contributed by atoms with E-state index in [0.29, 0.717) is 26.2 Å². The molecule has 0 aromatic rings. The molecule has 0 aliphatic carbocycles. The van der Waals surface area contributed by atoms with Gasteiger partial charge in [0, 0.05) is 19.8 Å². The quantitative estimate of drug-likeness (QED) is 0.523. The average Bonchev–Trinajstić information content (AvgIpc) is 2.20. The number of rotatable bonds is 6. The normalized spacial score (nSPS) is 16.6. The van der Waals surface area contributed by atoms with Crippen LogP contribution in [0.25, 0.3) is 0 Å². The van der Waals surface area contributed by atoms with Gasteiger partial charge in [0.05, 0.1) is 0 Å².